The second-order valence-corrected chi connectivity index (χ2v) is 4.51. The third-order valence-electron chi connectivity index (χ3n) is 3.28. The molecule has 3 nitrogen and oxygen atoms in total. The third-order valence-corrected chi connectivity index (χ3v) is 3.28. The van der Waals surface area contributed by atoms with Crippen molar-refractivity contribution in [1.82, 2.24) is 4.90 Å². The van der Waals surface area contributed by atoms with Crippen molar-refractivity contribution in [2.75, 3.05) is 19.7 Å². The van der Waals surface area contributed by atoms with E-state index in [0.29, 0.717) is 18.7 Å². The Morgan fingerprint density at radius 1 is 1.37 bits per heavy atom. The van der Waals surface area contributed by atoms with Gasteiger partial charge in [-0.25, -0.2) is 4.39 Å². The Labute approximate surface area is 112 Å². The van der Waals surface area contributed by atoms with Gasteiger partial charge in [0, 0.05) is 18.7 Å². The summed E-state index contributed by atoms with van der Waals surface area (Å²) in [5.74, 6) is -0.280. The average molecular weight is 263 g/mol. The Bertz CT molecular complexity index is 465. The van der Waals surface area contributed by atoms with Crippen LogP contribution in [0.2, 0.25) is 0 Å². The van der Waals surface area contributed by atoms with Crippen LogP contribution in [0, 0.1) is 5.82 Å². The van der Waals surface area contributed by atoms with Crippen molar-refractivity contribution in [1.29, 1.82) is 0 Å². The minimum absolute atomic E-state index is 0.156. The molecule has 0 amide bonds. The highest BCUT2D eigenvalue weighted by atomic mass is 19.1. The van der Waals surface area contributed by atoms with E-state index in [0.717, 1.165) is 0 Å². The van der Waals surface area contributed by atoms with Crippen molar-refractivity contribution in [2.24, 2.45) is 0 Å². The van der Waals surface area contributed by atoms with Crippen LogP contribution in [0.15, 0.2) is 43.5 Å². The highest BCUT2D eigenvalue weighted by Gasteiger charge is 2.34. The van der Waals surface area contributed by atoms with Crippen LogP contribution in [0.3, 0.4) is 0 Å². The fraction of sp³-hybridized carbons (Fsp3) is 0.333. The molecule has 0 spiro atoms. The maximum absolute atomic E-state index is 13.6. The molecule has 0 fully saturated rings. The van der Waals surface area contributed by atoms with Crippen LogP contribution < -0.4 is 4.74 Å². The molecule has 0 aliphatic carbocycles. The number of nitrogens with zero attached hydrogens (tertiary/aromatic N) is 1. The first-order chi connectivity index (χ1) is 9.19. The van der Waals surface area contributed by atoms with Gasteiger partial charge in [0.05, 0.1) is 6.04 Å². The van der Waals surface area contributed by atoms with Crippen molar-refractivity contribution in [2.45, 2.75) is 12.1 Å². The first-order valence-corrected chi connectivity index (χ1v) is 6.24. The Morgan fingerprint density at radius 3 is 2.68 bits per heavy atom. The Kier molecular flexibility index (Phi) is 4.35. The molecule has 2 atom stereocenters. The lowest BCUT2D eigenvalue weighted by atomic mass is 9.97. The van der Waals surface area contributed by atoms with E-state index in [1.54, 1.807) is 24.3 Å². The Balaban J connectivity index is 2.26. The van der Waals surface area contributed by atoms with Gasteiger partial charge in [-0.2, -0.15) is 0 Å². The minimum atomic E-state index is -0.778. The molecular formula is C15H18FNO2. The van der Waals surface area contributed by atoms with E-state index >= 15 is 0 Å². The first-order valence-electron chi connectivity index (χ1n) is 6.24. The molecule has 2 rings (SSSR count). The average Bonchev–Trinajstić information content (AvgIpc) is 2.40. The molecule has 0 radical (unpaired) electrons. The number of para-hydroxylation sites is 1. The third kappa shape index (κ3) is 2.69. The molecule has 1 aromatic carbocycles. The molecular weight excluding hydrogens is 245 g/mol. The van der Waals surface area contributed by atoms with Gasteiger partial charge in [-0.1, -0.05) is 24.3 Å². The molecule has 4 heteroatoms. The minimum Gasteiger partial charge on any atom is -0.488 e. The summed E-state index contributed by atoms with van der Waals surface area (Å²) in [6, 6.07) is 4.37. The second kappa shape index (κ2) is 5.99. The lowest BCUT2D eigenvalue weighted by molar-refractivity contribution is 0.0117. The van der Waals surface area contributed by atoms with Gasteiger partial charge in [0.25, 0.3) is 0 Å². The van der Waals surface area contributed by atoms with E-state index in [1.165, 1.54) is 6.07 Å². The maximum atomic E-state index is 13.6. The lowest BCUT2D eigenvalue weighted by Gasteiger charge is -2.37. The monoisotopic (exact) mass is 263 g/mol. The lowest BCUT2D eigenvalue weighted by Crippen LogP contribution is -2.46. The van der Waals surface area contributed by atoms with Crippen LogP contribution in [0.5, 0.6) is 5.75 Å². The smallest absolute Gasteiger partial charge is 0.165 e. The van der Waals surface area contributed by atoms with Crippen molar-refractivity contribution < 1.29 is 14.2 Å². The van der Waals surface area contributed by atoms with Crippen LogP contribution in [0.1, 0.15) is 11.7 Å². The molecule has 0 saturated carbocycles. The van der Waals surface area contributed by atoms with Gasteiger partial charge >= 0.3 is 0 Å². The zero-order valence-corrected chi connectivity index (χ0v) is 10.8. The number of fused-ring (bicyclic) bond motifs is 1. The fourth-order valence-corrected chi connectivity index (χ4v) is 2.36. The van der Waals surface area contributed by atoms with E-state index < -0.39 is 11.9 Å². The van der Waals surface area contributed by atoms with Gasteiger partial charge in [-0.05, 0) is 6.07 Å². The van der Waals surface area contributed by atoms with Crippen LogP contribution in [-0.2, 0) is 0 Å². The molecule has 1 N–H and O–H groups in total. The van der Waals surface area contributed by atoms with Gasteiger partial charge < -0.3 is 9.84 Å². The van der Waals surface area contributed by atoms with Gasteiger partial charge in [0.1, 0.15) is 12.7 Å². The van der Waals surface area contributed by atoms with E-state index in [2.05, 4.69) is 13.2 Å². The number of hydrogen-bond donors (Lipinski definition) is 1. The molecule has 1 heterocycles. The summed E-state index contributed by atoms with van der Waals surface area (Å²) >= 11 is 0. The van der Waals surface area contributed by atoms with Crippen LogP contribution >= 0.6 is 0 Å². The van der Waals surface area contributed by atoms with E-state index in [-0.39, 0.29) is 18.4 Å². The zero-order chi connectivity index (χ0) is 13.8. The van der Waals surface area contributed by atoms with Crippen molar-refractivity contribution >= 4 is 0 Å². The Hall–Kier alpha value is -1.65. The number of aliphatic hydroxyl groups is 1. The molecule has 1 aromatic rings. The number of aliphatic hydroxyl groups excluding tert-OH is 1. The summed E-state index contributed by atoms with van der Waals surface area (Å²) in [6.45, 7) is 8.88. The van der Waals surface area contributed by atoms with Crippen molar-refractivity contribution in [3.05, 3.63) is 54.9 Å². The summed E-state index contributed by atoms with van der Waals surface area (Å²) in [5.41, 5.74) is 0.495. The number of hydrogen-bond acceptors (Lipinski definition) is 3. The maximum Gasteiger partial charge on any atom is 0.165 e. The van der Waals surface area contributed by atoms with Crippen LogP contribution in [0.25, 0.3) is 0 Å². The molecule has 102 valence electrons. The zero-order valence-electron chi connectivity index (χ0n) is 10.8. The fourth-order valence-electron chi connectivity index (χ4n) is 2.36. The predicted molar refractivity (Wildman–Crippen MR) is 72.6 cm³/mol. The van der Waals surface area contributed by atoms with E-state index in [4.69, 9.17) is 4.74 Å². The quantitative estimate of drug-likeness (QED) is 0.827. The van der Waals surface area contributed by atoms with E-state index in [9.17, 15) is 9.50 Å². The normalized spacial score (nSPS) is 21.6. The van der Waals surface area contributed by atoms with Crippen LogP contribution in [0.4, 0.5) is 4.39 Å². The summed E-state index contributed by atoms with van der Waals surface area (Å²) in [6.07, 6.45) is 2.74. The summed E-state index contributed by atoms with van der Waals surface area (Å²) in [4.78, 5) is 2.00. The number of rotatable bonds is 5. The highest BCUT2D eigenvalue weighted by molar-refractivity contribution is 5.39. The van der Waals surface area contributed by atoms with Crippen molar-refractivity contribution in [3.63, 3.8) is 0 Å². The first kappa shape index (κ1) is 13.8. The van der Waals surface area contributed by atoms with Gasteiger partial charge in [0.2, 0.25) is 0 Å². The van der Waals surface area contributed by atoms with Gasteiger partial charge in [-0.3, -0.25) is 4.90 Å². The summed E-state index contributed by atoms with van der Waals surface area (Å²) in [5, 5.41) is 10.4. The molecule has 0 aromatic heterocycles. The number of ether oxygens (including phenoxy) is 1. The SMILES string of the molecule is C=CCN(CC=C)C1COc2c(F)cccc2C1O. The van der Waals surface area contributed by atoms with E-state index in [1.807, 2.05) is 4.90 Å². The highest BCUT2D eigenvalue weighted by Crippen LogP contribution is 2.35. The second-order valence-electron chi connectivity index (χ2n) is 4.51. The van der Waals surface area contributed by atoms with Crippen molar-refractivity contribution in [3.8, 4) is 5.75 Å². The molecule has 1 aliphatic heterocycles. The molecule has 2 unspecified atom stereocenters. The number of halogens is 1. The molecule has 0 bridgehead atoms. The standard InChI is InChI=1S/C15H18FNO2/c1-3-8-17(9-4-2)13-10-19-15-11(14(13)18)6-5-7-12(15)16/h3-7,13-14,18H,1-2,8-10H2. The van der Waals surface area contributed by atoms with Crippen LogP contribution in [-0.4, -0.2) is 35.7 Å². The summed E-state index contributed by atoms with van der Waals surface area (Å²) < 4.78 is 19.1. The Morgan fingerprint density at radius 2 is 2.05 bits per heavy atom. The number of benzene rings is 1. The molecule has 1 aliphatic rings. The molecule has 19 heavy (non-hydrogen) atoms. The predicted octanol–water partition coefficient (Wildman–Crippen LogP) is 2.29. The largest absolute Gasteiger partial charge is 0.488 e. The molecule has 0 saturated heterocycles. The van der Waals surface area contributed by atoms with Gasteiger partial charge in [-0.15, -0.1) is 13.2 Å². The van der Waals surface area contributed by atoms with Gasteiger partial charge in [0.15, 0.2) is 11.6 Å². The topological polar surface area (TPSA) is 32.7 Å². The summed E-state index contributed by atoms with van der Waals surface area (Å²) in [7, 11) is 0.